The lowest BCUT2D eigenvalue weighted by Gasteiger charge is -2.16. The Hall–Kier alpha value is -1.85. The van der Waals surface area contributed by atoms with E-state index >= 15 is 0 Å². The molecule has 1 aliphatic rings. The molecule has 1 fully saturated rings. The molecule has 104 valence electrons. The molecule has 0 atom stereocenters. The molecule has 6 heteroatoms. The monoisotopic (exact) mass is 267 g/mol. The standard InChI is InChI=1S/C13H17NO5/c15-12(16)9-10(13(17)18)19-11(14-9)8-6-4-2-1-3-5-7-8/h8H,1-7H2,(H,15,16)(H,17,18). The van der Waals surface area contributed by atoms with Crippen LogP contribution in [0, 0.1) is 0 Å². The lowest BCUT2D eigenvalue weighted by Crippen LogP contribution is -2.06. The summed E-state index contributed by atoms with van der Waals surface area (Å²) in [4.78, 5) is 25.8. The maximum atomic E-state index is 11.0. The maximum Gasteiger partial charge on any atom is 0.374 e. The fourth-order valence-corrected chi connectivity index (χ4v) is 2.50. The molecule has 1 heterocycles. The first-order valence-electron chi connectivity index (χ1n) is 6.57. The molecule has 0 bridgehead atoms. The second-order valence-electron chi connectivity index (χ2n) is 4.88. The molecule has 1 aromatic rings. The summed E-state index contributed by atoms with van der Waals surface area (Å²) in [5.74, 6) is -3.02. The van der Waals surface area contributed by atoms with Gasteiger partial charge in [0.1, 0.15) is 0 Å². The smallest absolute Gasteiger partial charge is 0.374 e. The Balaban J connectivity index is 2.25. The second kappa shape index (κ2) is 5.86. The molecule has 6 nitrogen and oxygen atoms in total. The number of carboxylic acids is 2. The highest BCUT2D eigenvalue weighted by atomic mass is 16.4. The summed E-state index contributed by atoms with van der Waals surface area (Å²) in [6.07, 6.45) is 7.34. The van der Waals surface area contributed by atoms with Crippen molar-refractivity contribution >= 4 is 11.9 Å². The summed E-state index contributed by atoms with van der Waals surface area (Å²) in [6.45, 7) is 0. The Labute approximate surface area is 110 Å². The van der Waals surface area contributed by atoms with Crippen LogP contribution >= 0.6 is 0 Å². The van der Waals surface area contributed by atoms with Crippen LogP contribution in [0.1, 0.15) is 77.8 Å². The van der Waals surface area contributed by atoms with Gasteiger partial charge in [0.05, 0.1) is 0 Å². The van der Waals surface area contributed by atoms with Crippen molar-refractivity contribution in [2.75, 3.05) is 0 Å². The summed E-state index contributed by atoms with van der Waals surface area (Å²) in [5.41, 5.74) is -0.496. The summed E-state index contributed by atoms with van der Waals surface area (Å²) >= 11 is 0. The van der Waals surface area contributed by atoms with Gasteiger partial charge in [-0.2, -0.15) is 0 Å². The molecule has 2 rings (SSSR count). The van der Waals surface area contributed by atoms with Gasteiger partial charge in [0, 0.05) is 5.92 Å². The van der Waals surface area contributed by atoms with Crippen LogP contribution in [0.2, 0.25) is 0 Å². The van der Waals surface area contributed by atoms with Crippen LogP contribution in [-0.4, -0.2) is 27.1 Å². The zero-order chi connectivity index (χ0) is 13.8. The van der Waals surface area contributed by atoms with E-state index in [2.05, 4.69) is 4.98 Å². The van der Waals surface area contributed by atoms with Gasteiger partial charge in [-0.15, -0.1) is 0 Å². The molecule has 1 saturated carbocycles. The number of hydrogen-bond acceptors (Lipinski definition) is 4. The molecule has 0 unspecified atom stereocenters. The highest BCUT2D eigenvalue weighted by molar-refractivity contribution is 5.98. The number of carboxylic acid groups (broad SMARTS) is 2. The highest BCUT2D eigenvalue weighted by Gasteiger charge is 2.28. The van der Waals surface area contributed by atoms with Crippen molar-refractivity contribution in [1.82, 2.24) is 4.98 Å². The predicted octanol–water partition coefficient (Wildman–Crippen LogP) is 2.90. The Kier molecular flexibility index (Phi) is 4.19. The Morgan fingerprint density at radius 3 is 2.05 bits per heavy atom. The SMILES string of the molecule is O=C(O)c1nc(C2CCCCCCC2)oc1C(=O)O. The van der Waals surface area contributed by atoms with Crippen molar-refractivity contribution in [3.8, 4) is 0 Å². The quantitative estimate of drug-likeness (QED) is 0.873. The van der Waals surface area contributed by atoms with E-state index in [9.17, 15) is 9.59 Å². The van der Waals surface area contributed by atoms with E-state index in [1.807, 2.05) is 0 Å². The molecule has 0 spiro atoms. The van der Waals surface area contributed by atoms with Crippen LogP contribution in [0.3, 0.4) is 0 Å². The van der Waals surface area contributed by atoms with E-state index in [0.29, 0.717) is 0 Å². The average Bonchev–Trinajstić information content (AvgIpc) is 2.73. The largest absolute Gasteiger partial charge is 0.476 e. The third-order valence-electron chi connectivity index (χ3n) is 3.49. The summed E-state index contributed by atoms with van der Waals surface area (Å²) in [6, 6.07) is 0. The van der Waals surface area contributed by atoms with Crippen LogP contribution < -0.4 is 0 Å². The van der Waals surface area contributed by atoms with Crippen molar-refractivity contribution in [2.45, 2.75) is 50.9 Å². The molecule has 0 saturated heterocycles. The van der Waals surface area contributed by atoms with Gasteiger partial charge in [-0.05, 0) is 12.8 Å². The Morgan fingerprint density at radius 2 is 1.58 bits per heavy atom. The van der Waals surface area contributed by atoms with Gasteiger partial charge in [-0.3, -0.25) is 0 Å². The first-order valence-corrected chi connectivity index (χ1v) is 6.57. The number of rotatable bonds is 3. The topological polar surface area (TPSA) is 101 Å². The molecule has 1 aliphatic carbocycles. The number of hydrogen-bond donors (Lipinski definition) is 2. The molecule has 1 aromatic heterocycles. The fourth-order valence-electron chi connectivity index (χ4n) is 2.50. The summed E-state index contributed by atoms with van der Waals surface area (Å²) in [7, 11) is 0. The van der Waals surface area contributed by atoms with E-state index in [-0.39, 0.29) is 11.8 Å². The number of aromatic nitrogens is 1. The minimum Gasteiger partial charge on any atom is -0.476 e. The lowest BCUT2D eigenvalue weighted by molar-refractivity contribution is 0.0622. The summed E-state index contributed by atoms with van der Waals surface area (Å²) in [5, 5.41) is 17.9. The zero-order valence-corrected chi connectivity index (χ0v) is 10.6. The van der Waals surface area contributed by atoms with Crippen LogP contribution in [0.25, 0.3) is 0 Å². The van der Waals surface area contributed by atoms with E-state index in [0.717, 1.165) is 38.5 Å². The van der Waals surface area contributed by atoms with E-state index in [1.54, 1.807) is 0 Å². The van der Waals surface area contributed by atoms with E-state index < -0.39 is 23.4 Å². The van der Waals surface area contributed by atoms with Crippen LogP contribution in [0.5, 0.6) is 0 Å². The molecule has 0 radical (unpaired) electrons. The van der Waals surface area contributed by atoms with Crippen molar-refractivity contribution in [1.29, 1.82) is 0 Å². The van der Waals surface area contributed by atoms with Crippen molar-refractivity contribution in [3.05, 3.63) is 17.3 Å². The molecular formula is C13H17NO5. The van der Waals surface area contributed by atoms with Gasteiger partial charge in [0.2, 0.25) is 11.5 Å². The maximum absolute atomic E-state index is 11.0. The molecule has 0 aliphatic heterocycles. The predicted molar refractivity (Wildman–Crippen MR) is 65.5 cm³/mol. The minimum atomic E-state index is -1.39. The lowest BCUT2D eigenvalue weighted by atomic mass is 9.91. The molecule has 0 aromatic carbocycles. The summed E-state index contributed by atoms with van der Waals surface area (Å²) < 4.78 is 5.18. The van der Waals surface area contributed by atoms with Crippen molar-refractivity contribution < 1.29 is 24.2 Å². The van der Waals surface area contributed by atoms with Crippen molar-refractivity contribution in [3.63, 3.8) is 0 Å². The van der Waals surface area contributed by atoms with Gasteiger partial charge in [-0.25, -0.2) is 14.6 Å². The molecular weight excluding hydrogens is 250 g/mol. The number of oxazole rings is 1. The number of carbonyl (C=O) groups is 2. The van der Waals surface area contributed by atoms with Gasteiger partial charge >= 0.3 is 11.9 Å². The third-order valence-corrected chi connectivity index (χ3v) is 3.49. The highest BCUT2D eigenvalue weighted by Crippen LogP contribution is 2.31. The van der Waals surface area contributed by atoms with Crippen molar-refractivity contribution in [2.24, 2.45) is 0 Å². The van der Waals surface area contributed by atoms with Crippen LogP contribution in [0.15, 0.2) is 4.42 Å². The Bertz CT molecular complexity index is 440. The first-order chi connectivity index (χ1) is 9.09. The van der Waals surface area contributed by atoms with E-state index in [4.69, 9.17) is 14.6 Å². The van der Waals surface area contributed by atoms with Gasteiger partial charge in [-0.1, -0.05) is 32.1 Å². The van der Waals surface area contributed by atoms with Crippen LogP contribution in [0.4, 0.5) is 0 Å². The second-order valence-corrected chi connectivity index (χ2v) is 4.88. The van der Waals surface area contributed by atoms with E-state index in [1.165, 1.54) is 6.42 Å². The number of aromatic carboxylic acids is 2. The van der Waals surface area contributed by atoms with Gasteiger partial charge < -0.3 is 14.6 Å². The van der Waals surface area contributed by atoms with Gasteiger partial charge in [0.25, 0.3) is 0 Å². The third kappa shape index (κ3) is 3.13. The zero-order valence-electron chi connectivity index (χ0n) is 10.6. The first kappa shape index (κ1) is 13.6. The molecule has 2 N–H and O–H groups in total. The molecule has 0 amide bonds. The average molecular weight is 267 g/mol. The fraction of sp³-hybridized carbons (Fsp3) is 0.615. The number of nitrogens with zero attached hydrogens (tertiary/aromatic N) is 1. The van der Waals surface area contributed by atoms with Gasteiger partial charge in [0.15, 0.2) is 5.89 Å². The minimum absolute atomic E-state index is 0.0338. The Morgan fingerprint density at radius 1 is 1.00 bits per heavy atom. The van der Waals surface area contributed by atoms with Crippen LogP contribution in [-0.2, 0) is 0 Å². The molecule has 19 heavy (non-hydrogen) atoms. The normalized spacial score (nSPS) is 17.7.